The molecule has 1 rings (SSSR count). The van der Waals surface area contributed by atoms with E-state index in [9.17, 15) is 9.59 Å². The van der Waals surface area contributed by atoms with Crippen molar-refractivity contribution in [3.05, 3.63) is 0 Å². The van der Waals surface area contributed by atoms with Crippen LogP contribution in [0.4, 0.5) is 0 Å². The first-order valence-corrected chi connectivity index (χ1v) is 7.68. The minimum Gasteiger partial charge on any atom is -0.481 e. The van der Waals surface area contributed by atoms with Gasteiger partial charge in [0.15, 0.2) is 0 Å². The molecule has 0 aromatic rings. The first-order valence-electron chi connectivity index (χ1n) is 6.63. The summed E-state index contributed by atoms with van der Waals surface area (Å²) in [5.74, 6) is -0.0883. The Labute approximate surface area is 113 Å². The topological polar surface area (TPSA) is 57.6 Å². The maximum absolute atomic E-state index is 12.1. The summed E-state index contributed by atoms with van der Waals surface area (Å²) in [4.78, 5) is 24.6. The van der Waals surface area contributed by atoms with Crippen LogP contribution < -0.4 is 0 Å². The second kappa shape index (κ2) is 7.67. The molecule has 0 aromatic carbocycles. The van der Waals surface area contributed by atoms with Gasteiger partial charge in [-0.3, -0.25) is 9.59 Å². The van der Waals surface area contributed by atoms with Gasteiger partial charge in [0.25, 0.3) is 0 Å². The molecule has 1 unspecified atom stereocenters. The summed E-state index contributed by atoms with van der Waals surface area (Å²) in [6, 6.07) is 0.134. The molecule has 5 heteroatoms. The van der Waals surface area contributed by atoms with E-state index in [1.165, 1.54) is 0 Å². The summed E-state index contributed by atoms with van der Waals surface area (Å²) < 4.78 is 0. The van der Waals surface area contributed by atoms with Crippen LogP contribution in [0.3, 0.4) is 0 Å². The molecule has 0 saturated carbocycles. The molecule has 0 aromatic heterocycles. The first kappa shape index (κ1) is 15.3. The second-order valence-corrected chi connectivity index (χ2v) is 6.59. The van der Waals surface area contributed by atoms with Crippen LogP contribution in [0.25, 0.3) is 0 Å². The predicted molar refractivity (Wildman–Crippen MR) is 73.8 cm³/mol. The maximum atomic E-state index is 12.1. The van der Waals surface area contributed by atoms with Gasteiger partial charge in [-0.15, -0.1) is 11.8 Å². The number of carboxylic acids is 1. The molecule has 1 heterocycles. The summed E-state index contributed by atoms with van der Waals surface area (Å²) >= 11 is 1.65. The smallest absolute Gasteiger partial charge is 0.303 e. The molecule has 18 heavy (non-hydrogen) atoms. The van der Waals surface area contributed by atoms with Gasteiger partial charge in [-0.1, -0.05) is 13.8 Å². The number of thioether (sulfide) groups is 1. The first-order chi connectivity index (χ1) is 8.50. The summed E-state index contributed by atoms with van der Waals surface area (Å²) in [5, 5.41) is 9.19. The van der Waals surface area contributed by atoms with Crippen molar-refractivity contribution in [1.82, 2.24) is 4.90 Å². The largest absolute Gasteiger partial charge is 0.481 e. The third kappa shape index (κ3) is 5.29. The molecule has 4 nitrogen and oxygen atoms in total. The third-order valence-corrected chi connectivity index (χ3v) is 4.26. The Bertz CT molecular complexity index is 294. The predicted octanol–water partition coefficient (Wildman–Crippen LogP) is 2.37. The Hall–Kier alpha value is -0.710. The molecule has 1 N–H and O–H groups in total. The Kier molecular flexibility index (Phi) is 6.54. The zero-order valence-electron chi connectivity index (χ0n) is 11.2. The van der Waals surface area contributed by atoms with Gasteiger partial charge in [0.1, 0.15) is 0 Å². The summed E-state index contributed by atoms with van der Waals surface area (Å²) in [5.41, 5.74) is 0. The fraction of sp³-hybridized carbons (Fsp3) is 0.846. The number of hydrogen-bond donors (Lipinski definition) is 1. The number of nitrogens with zero attached hydrogens (tertiary/aromatic N) is 1. The number of amides is 1. The lowest BCUT2D eigenvalue weighted by molar-refractivity contribution is -0.139. The van der Waals surface area contributed by atoms with Crippen molar-refractivity contribution >= 4 is 23.6 Å². The van der Waals surface area contributed by atoms with E-state index in [1.807, 2.05) is 4.90 Å². The molecule has 1 aliphatic rings. The molecule has 1 amide bonds. The highest BCUT2D eigenvalue weighted by Gasteiger charge is 2.26. The molecule has 1 atom stereocenters. The van der Waals surface area contributed by atoms with E-state index in [2.05, 4.69) is 13.8 Å². The van der Waals surface area contributed by atoms with Crippen LogP contribution in [0.5, 0.6) is 0 Å². The minimum absolute atomic E-state index is 0.134. The van der Waals surface area contributed by atoms with Crippen molar-refractivity contribution in [1.29, 1.82) is 0 Å². The van der Waals surface area contributed by atoms with Crippen LogP contribution in [0.1, 0.15) is 46.0 Å². The van der Waals surface area contributed by atoms with Crippen molar-refractivity contribution in [2.24, 2.45) is 0 Å². The van der Waals surface area contributed by atoms with Gasteiger partial charge in [-0.25, -0.2) is 0 Å². The van der Waals surface area contributed by atoms with E-state index in [0.717, 1.165) is 25.8 Å². The van der Waals surface area contributed by atoms with Crippen LogP contribution in [0.2, 0.25) is 0 Å². The molecule has 1 saturated heterocycles. The van der Waals surface area contributed by atoms with Gasteiger partial charge in [0.05, 0.1) is 5.75 Å². The van der Waals surface area contributed by atoms with Gasteiger partial charge in [-0.2, -0.15) is 0 Å². The Morgan fingerprint density at radius 2 is 2.11 bits per heavy atom. The monoisotopic (exact) mass is 273 g/mol. The van der Waals surface area contributed by atoms with Gasteiger partial charge >= 0.3 is 5.97 Å². The number of carboxylic acid groups (broad SMARTS) is 1. The van der Waals surface area contributed by atoms with Crippen LogP contribution in [0.15, 0.2) is 0 Å². The Morgan fingerprint density at radius 1 is 1.39 bits per heavy atom. The highest BCUT2D eigenvalue weighted by Crippen LogP contribution is 2.22. The molecular weight excluding hydrogens is 250 g/mol. The third-order valence-electron chi connectivity index (χ3n) is 3.18. The Morgan fingerprint density at radius 3 is 2.72 bits per heavy atom. The van der Waals surface area contributed by atoms with Gasteiger partial charge < -0.3 is 10.0 Å². The van der Waals surface area contributed by atoms with E-state index in [-0.39, 0.29) is 18.4 Å². The average Bonchev–Trinajstić information content (AvgIpc) is 2.33. The van der Waals surface area contributed by atoms with Crippen LogP contribution >= 0.6 is 11.8 Å². The second-order valence-electron chi connectivity index (χ2n) is 5.03. The van der Waals surface area contributed by atoms with E-state index >= 15 is 0 Å². The lowest BCUT2D eigenvalue weighted by Crippen LogP contribution is -2.44. The van der Waals surface area contributed by atoms with Gasteiger partial charge in [0.2, 0.25) is 5.91 Å². The van der Waals surface area contributed by atoms with Crippen molar-refractivity contribution in [3.8, 4) is 0 Å². The molecule has 0 spiro atoms. The summed E-state index contributed by atoms with van der Waals surface area (Å²) in [6.07, 6.45) is 3.84. The summed E-state index contributed by atoms with van der Waals surface area (Å²) in [6.45, 7) is 4.95. The standard InChI is InChI=1S/C13H23NO3S/c1-10(2)18-9-12(15)14-8-4-3-5-11(14)6-7-13(16)17/h10-11H,3-9H2,1-2H3,(H,16,17). The van der Waals surface area contributed by atoms with Crippen molar-refractivity contribution < 1.29 is 14.7 Å². The number of carbonyl (C=O) groups excluding carboxylic acids is 1. The normalized spacial score (nSPS) is 20.2. The van der Waals surface area contributed by atoms with Crippen LogP contribution in [-0.4, -0.2) is 45.5 Å². The molecule has 104 valence electrons. The van der Waals surface area contributed by atoms with E-state index in [4.69, 9.17) is 5.11 Å². The SMILES string of the molecule is CC(C)SCC(=O)N1CCCCC1CCC(=O)O. The molecule has 0 radical (unpaired) electrons. The zero-order valence-corrected chi connectivity index (χ0v) is 12.0. The number of rotatable bonds is 6. The highest BCUT2D eigenvalue weighted by molar-refractivity contribution is 8.00. The quantitative estimate of drug-likeness (QED) is 0.807. The van der Waals surface area contributed by atoms with Crippen LogP contribution in [-0.2, 0) is 9.59 Å². The Balaban J connectivity index is 2.47. The van der Waals surface area contributed by atoms with E-state index in [0.29, 0.717) is 17.4 Å². The summed E-state index contributed by atoms with van der Waals surface area (Å²) in [7, 11) is 0. The van der Waals surface area contributed by atoms with Crippen molar-refractivity contribution in [2.45, 2.75) is 57.2 Å². The lowest BCUT2D eigenvalue weighted by atomic mass is 9.98. The van der Waals surface area contributed by atoms with E-state index < -0.39 is 5.97 Å². The number of aliphatic carboxylic acids is 1. The molecule has 1 fully saturated rings. The van der Waals surface area contributed by atoms with Crippen molar-refractivity contribution in [2.75, 3.05) is 12.3 Å². The number of piperidine rings is 1. The number of carbonyl (C=O) groups is 2. The van der Waals surface area contributed by atoms with Crippen molar-refractivity contribution in [3.63, 3.8) is 0 Å². The number of likely N-dealkylation sites (tertiary alicyclic amines) is 1. The average molecular weight is 273 g/mol. The van der Waals surface area contributed by atoms with Crippen LogP contribution in [0, 0.1) is 0 Å². The fourth-order valence-corrected chi connectivity index (χ4v) is 2.88. The number of hydrogen-bond acceptors (Lipinski definition) is 3. The zero-order chi connectivity index (χ0) is 13.5. The van der Waals surface area contributed by atoms with E-state index in [1.54, 1.807) is 11.8 Å². The van der Waals surface area contributed by atoms with Gasteiger partial charge in [-0.05, 0) is 30.9 Å². The van der Waals surface area contributed by atoms with Gasteiger partial charge in [0, 0.05) is 19.0 Å². The molecule has 1 aliphatic heterocycles. The fourth-order valence-electron chi connectivity index (χ4n) is 2.24. The lowest BCUT2D eigenvalue weighted by Gasteiger charge is -2.35. The minimum atomic E-state index is -0.774. The highest BCUT2D eigenvalue weighted by atomic mass is 32.2. The molecule has 0 bridgehead atoms. The molecule has 0 aliphatic carbocycles. The molecular formula is C13H23NO3S. The maximum Gasteiger partial charge on any atom is 0.303 e.